The third-order valence-electron chi connectivity index (χ3n) is 1.96. The summed E-state index contributed by atoms with van der Waals surface area (Å²) >= 11 is 0. The molecule has 0 aliphatic carbocycles. The Labute approximate surface area is 103 Å². The van der Waals surface area contributed by atoms with Crippen molar-refractivity contribution >= 4 is 21.9 Å². The standard InChI is InChI=1S/C9H11N3O5S/c1-10-7(13)5-12-18(16,17)8-3-2-6(4-11-8)9(14)15/h2-4,12H,5H2,1H3,(H,10,13)(H,14,15). The molecule has 3 N–H and O–H groups in total. The fraction of sp³-hybridized carbons (Fsp3) is 0.222. The number of pyridine rings is 1. The van der Waals surface area contributed by atoms with Gasteiger partial charge in [0.05, 0.1) is 12.1 Å². The number of hydrogen-bond acceptors (Lipinski definition) is 5. The molecule has 0 atom stereocenters. The first-order valence-corrected chi connectivity index (χ1v) is 6.24. The summed E-state index contributed by atoms with van der Waals surface area (Å²) in [6, 6.07) is 2.17. The van der Waals surface area contributed by atoms with Crippen LogP contribution < -0.4 is 10.0 Å². The molecule has 1 rings (SSSR count). The molecular weight excluding hydrogens is 262 g/mol. The van der Waals surface area contributed by atoms with E-state index >= 15 is 0 Å². The van der Waals surface area contributed by atoms with E-state index in [4.69, 9.17) is 5.11 Å². The highest BCUT2D eigenvalue weighted by atomic mass is 32.2. The largest absolute Gasteiger partial charge is 0.478 e. The number of carbonyl (C=O) groups is 2. The molecule has 18 heavy (non-hydrogen) atoms. The van der Waals surface area contributed by atoms with Crippen molar-refractivity contribution in [2.75, 3.05) is 13.6 Å². The Kier molecular flexibility index (Phi) is 4.34. The monoisotopic (exact) mass is 273 g/mol. The van der Waals surface area contributed by atoms with Gasteiger partial charge in [-0.1, -0.05) is 0 Å². The molecule has 1 amide bonds. The van der Waals surface area contributed by atoms with E-state index in [2.05, 4.69) is 10.3 Å². The van der Waals surface area contributed by atoms with Crippen molar-refractivity contribution in [2.45, 2.75) is 5.03 Å². The van der Waals surface area contributed by atoms with Crippen LogP contribution in [0.5, 0.6) is 0 Å². The molecule has 1 heterocycles. The minimum absolute atomic E-state index is 0.125. The van der Waals surface area contributed by atoms with E-state index in [1.54, 1.807) is 0 Å². The van der Waals surface area contributed by atoms with Gasteiger partial charge in [-0.25, -0.2) is 22.9 Å². The van der Waals surface area contributed by atoms with Crippen molar-refractivity contribution in [2.24, 2.45) is 0 Å². The topological polar surface area (TPSA) is 125 Å². The quantitative estimate of drug-likeness (QED) is 0.619. The Balaban J connectivity index is 2.85. The zero-order valence-corrected chi connectivity index (χ0v) is 10.2. The third kappa shape index (κ3) is 3.50. The van der Waals surface area contributed by atoms with E-state index in [0.29, 0.717) is 0 Å². The maximum absolute atomic E-state index is 11.6. The van der Waals surface area contributed by atoms with E-state index < -0.39 is 28.4 Å². The zero-order valence-electron chi connectivity index (χ0n) is 9.37. The molecule has 0 saturated carbocycles. The van der Waals surface area contributed by atoms with Gasteiger partial charge in [-0.05, 0) is 12.1 Å². The van der Waals surface area contributed by atoms with Crippen LogP contribution in [0.15, 0.2) is 23.4 Å². The van der Waals surface area contributed by atoms with Crippen molar-refractivity contribution in [1.29, 1.82) is 0 Å². The van der Waals surface area contributed by atoms with Gasteiger partial charge in [-0.3, -0.25) is 4.79 Å². The average Bonchev–Trinajstić information content (AvgIpc) is 2.36. The molecule has 0 fully saturated rings. The van der Waals surface area contributed by atoms with Crippen molar-refractivity contribution in [3.05, 3.63) is 23.9 Å². The first-order valence-electron chi connectivity index (χ1n) is 4.76. The maximum Gasteiger partial charge on any atom is 0.337 e. The van der Waals surface area contributed by atoms with Crippen LogP contribution in [-0.4, -0.2) is 44.0 Å². The highest BCUT2D eigenvalue weighted by molar-refractivity contribution is 7.89. The molecule has 9 heteroatoms. The number of likely N-dealkylation sites (N-methyl/N-ethyl adjacent to an activating group) is 1. The molecule has 8 nitrogen and oxygen atoms in total. The second kappa shape index (κ2) is 5.56. The summed E-state index contributed by atoms with van der Waals surface area (Å²) < 4.78 is 25.3. The predicted octanol–water partition coefficient (Wildman–Crippen LogP) is -1.20. The molecule has 0 aromatic carbocycles. The lowest BCUT2D eigenvalue weighted by molar-refractivity contribution is -0.119. The van der Waals surface area contributed by atoms with Crippen molar-refractivity contribution in [3.63, 3.8) is 0 Å². The average molecular weight is 273 g/mol. The number of aromatic nitrogens is 1. The lowest BCUT2D eigenvalue weighted by atomic mass is 10.3. The molecule has 0 bridgehead atoms. The zero-order chi connectivity index (χ0) is 13.8. The van der Waals surface area contributed by atoms with Gasteiger partial charge < -0.3 is 10.4 Å². The number of aromatic carboxylic acids is 1. The van der Waals surface area contributed by atoms with Crippen LogP contribution in [0.3, 0.4) is 0 Å². The van der Waals surface area contributed by atoms with Crippen LogP contribution in [0.1, 0.15) is 10.4 Å². The van der Waals surface area contributed by atoms with Crippen LogP contribution in [-0.2, 0) is 14.8 Å². The normalized spacial score (nSPS) is 10.9. The van der Waals surface area contributed by atoms with Crippen LogP contribution in [0.25, 0.3) is 0 Å². The second-order valence-electron chi connectivity index (χ2n) is 3.19. The van der Waals surface area contributed by atoms with Crippen molar-refractivity contribution in [1.82, 2.24) is 15.0 Å². The van der Waals surface area contributed by atoms with Crippen LogP contribution in [0.4, 0.5) is 0 Å². The van der Waals surface area contributed by atoms with Crippen LogP contribution in [0.2, 0.25) is 0 Å². The minimum Gasteiger partial charge on any atom is -0.478 e. The Hall–Kier alpha value is -2.00. The summed E-state index contributed by atoms with van der Waals surface area (Å²) in [6.07, 6.45) is 0.927. The van der Waals surface area contributed by atoms with Gasteiger partial charge >= 0.3 is 5.97 Å². The lowest BCUT2D eigenvalue weighted by Gasteiger charge is -2.05. The molecule has 0 aliphatic rings. The number of carbonyl (C=O) groups excluding carboxylic acids is 1. The summed E-state index contributed by atoms with van der Waals surface area (Å²) in [5.41, 5.74) is -0.125. The van der Waals surface area contributed by atoms with Crippen molar-refractivity contribution in [3.8, 4) is 0 Å². The van der Waals surface area contributed by atoms with E-state index in [1.807, 2.05) is 4.72 Å². The fourth-order valence-corrected chi connectivity index (χ4v) is 1.90. The first-order chi connectivity index (χ1) is 8.36. The second-order valence-corrected chi connectivity index (χ2v) is 4.90. The Morgan fingerprint density at radius 2 is 2.06 bits per heavy atom. The Morgan fingerprint density at radius 3 is 2.50 bits per heavy atom. The van der Waals surface area contributed by atoms with Crippen LogP contribution in [0, 0.1) is 0 Å². The van der Waals surface area contributed by atoms with E-state index in [9.17, 15) is 18.0 Å². The molecule has 0 spiro atoms. The number of nitrogens with zero attached hydrogens (tertiary/aromatic N) is 1. The summed E-state index contributed by atoms with van der Waals surface area (Å²) in [4.78, 5) is 25.0. The molecule has 1 aromatic rings. The molecule has 98 valence electrons. The van der Waals surface area contributed by atoms with Gasteiger partial charge in [0.2, 0.25) is 5.91 Å². The summed E-state index contributed by atoms with van der Waals surface area (Å²) in [7, 11) is -2.55. The summed E-state index contributed by atoms with van der Waals surface area (Å²) in [5, 5.41) is 10.5. The van der Waals surface area contributed by atoms with Gasteiger partial charge in [0, 0.05) is 13.2 Å². The lowest BCUT2D eigenvalue weighted by Crippen LogP contribution is -2.35. The van der Waals surface area contributed by atoms with Crippen LogP contribution >= 0.6 is 0 Å². The minimum atomic E-state index is -3.92. The van der Waals surface area contributed by atoms with E-state index in [-0.39, 0.29) is 10.6 Å². The highest BCUT2D eigenvalue weighted by Crippen LogP contribution is 2.06. The number of sulfonamides is 1. The van der Waals surface area contributed by atoms with E-state index in [1.165, 1.54) is 7.05 Å². The number of amides is 1. The smallest absolute Gasteiger partial charge is 0.337 e. The molecular formula is C9H11N3O5S. The first kappa shape index (κ1) is 14.1. The number of carboxylic acids is 1. The molecule has 0 unspecified atom stereocenters. The summed E-state index contributed by atoms with van der Waals surface area (Å²) in [5.74, 6) is -1.70. The number of carboxylic acid groups (broad SMARTS) is 1. The number of hydrogen-bond donors (Lipinski definition) is 3. The SMILES string of the molecule is CNC(=O)CNS(=O)(=O)c1ccc(C(=O)O)cn1. The Bertz CT molecular complexity index is 552. The summed E-state index contributed by atoms with van der Waals surface area (Å²) in [6.45, 7) is -0.415. The van der Waals surface area contributed by atoms with Gasteiger partial charge in [0.15, 0.2) is 5.03 Å². The number of rotatable bonds is 5. The molecule has 0 aliphatic heterocycles. The number of nitrogens with one attached hydrogen (secondary N) is 2. The fourth-order valence-electron chi connectivity index (χ4n) is 0.989. The van der Waals surface area contributed by atoms with Gasteiger partial charge in [0.25, 0.3) is 10.0 Å². The molecule has 0 saturated heterocycles. The van der Waals surface area contributed by atoms with Crippen molar-refractivity contribution < 1.29 is 23.1 Å². The van der Waals surface area contributed by atoms with E-state index in [0.717, 1.165) is 18.3 Å². The predicted molar refractivity (Wildman–Crippen MR) is 60.5 cm³/mol. The highest BCUT2D eigenvalue weighted by Gasteiger charge is 2.17. The third-order valence-corrected chi connectivity index (χ3v) is 3.28. The Morgan fingerprint density at radius 1 is 1.39 bits per heavy atom. The molecule has 1 aromatic heterocycles. The van der Waals surface area contributed by atoms with Gasteiger partial charge in [-0.15, -0.1) is 0 Å². The maximum atomic E-state index is 11.6. The van der Waals surface area contributed by atoms with Gasteiger partial charge in [-0.2, -0.15) is 0 Å². The molecule has 0 radical (unpaired) electrons. The van der Waals surface area contributed by atoms with Gasteiger partial charge in [0.1, 0.15) is 0 Å².